The minimum absolute atomic E-state index is 0.979. The van der Waals surface area contributed by atoms with Gasteiger partial charge in [0.25, 0.3) is 0 Å². The first-order valence-corrected chi connectivity index (χ1v) is 6.59. The van der Waals surface area contributed by atoms with Gasteiger partial charge < -0.3 is 4.48 Å². The van der Waals surface area contributed by atoms with Crippen molar-refractivity contribution >= 4 is 0 Å². The molecule has 0 aromatic rings. The second kappa shape index (κ2) is 4.22. The third-order valence-corrected chi connectivity index (χ3v) is 4.42. The van der Waals surface area contributed by atoms with E-state index in [1.807, 2.05) is 0 Å². The molecule has 0 radical (unpaired) electrons. The molecule has 2 atom stereocenters. The number of nitrogens with zero attached hydrogens (tertiary/aromatic N) is 1. The molecule has 2 unspecified atom stereocenters. The second-order valence-corrected chi connectivity index (χ2v) is 5.83. The standard InChI is InChI=1S/C13H26N/c1-3-13-9-12(2)10-14(11-13)7-5-4-6-8-14/h12-13H,3-11H2,1-2H3/q+1. The highest BCUT2D eigenvalue weighted by Crippen LogP contribution is 2.32. The molecule has 2 fully saturated rings. The largest absolute Gasteiger partial charge is 0.323 e. The van der Waals surface area contributed by atoms with Crippen LogP contribution in [-0.4, -0.2) is 30.7 Å². The van der Waals surface area contributed by atoms with Crippen LogP contribution in [0.15, 0.2) is 0 Å². The van der Waals surface area contributed by atoms with E-state index in [4.69, 9.17) is 0 Å². The molecule has 0 aromatic heterocycles. The highest BCUT2D eigenvalue weighted by Gasteiger charge is 2.38. The number of hydrogen-bond donors (Lipinski definition) is 0. The zero-order valence-electron chi connectivity index (χ0n) is 9.97. The molecule has 0 N–H and O–H groups in total. The molecule has 2 heterocycles. The van der Waals surface area contributed by atoms with Gasteiger partial charge in [-0.15, -0.1) is 0 Å². The van der Waals surface area contributed by atoms with E-state index >= 15 is 0 Å². The lowest BCUT2D eigenvalue weighted by molar-refractivity contribution is -0.943. The lowest BCUT2D eigenvalue weighted by atomic mass is 9.85. The van der Waals surface area contributed by atoms with Gasteiger partial charge in [0, 0.05) is 11.8 Å². The van der Waals surface area contributed by atoms with Crippen molar-refractivity contribution in [3.05, 3.63) is 0 Å². The van der Waals surface area contributed by atoms with Crippen molar-refractivity contribution in [1.82, 2.24) is 0 Å². The summed E-state index contributed by atoms with van der Waals surface area (Å²) in [5.41, 5.74) is 0. The van der Waals surface area contributed by atoms with E-state index in [9.17, 15) is 0 Å². The summed E-state index contributed by atoms with van der Waals surface area (Å²) in [6, 6.07) is 0. The Kier molecular flexibility index (Phi) is 3.16. The molecular formula is C13H26N+. The van der Waals surface area contributed by atoms with Crippen LogP contribution in [-0.2, 0) is 0 Å². The molecule has 1 heteroatoms. The molecule has 2 rings (SSSR count). The maximum Gasteiger partial charge on any atom is 0.0815 e. The molecule has 0 aromatic carbocycles. The monoisotopic (exact) mass is 196 g/mol. The summed E-state index contributed by atoms with van der Waals surface area (Å²) < 4.78 is 1.49. The fourth-order valence-corrected chi connectivity index (χ4v) is 3.85. The second-order valence-electron chi connectivity index (χ2n) is 5.83. The Morgan fingerprint density at radius 1 is 1.07 bits per heavy atom. The van der Waals surface area contributed by atoms with Crippen LogP contribution in [0, 0.1) is 11.8 Å². The van der Waals surface area contributed by atoms with Crippen LogP contribution < -0.4 is 0 Å². The Morgan fingerprint density at radius 3 is 2.43 bits per heavy atom. The fraction of sp³-hybridized carbons (Fsp3) is 1.00. The number of quaternary nitrogens is 1. The van der Waals surface area contributed by atoms with E-state index in [1.54, 1.807) is 0 Å². The molecule has 1 spiro atoms. The molecule has 82 valence electrons. The fourth-order valence-electron chi connectivity index (χ4n) is 3.85. The maximum absolute atomic E-state index is 2.47. The van der Waals surface area contributed by atoms with Crippen molar-refractivity contribution < 1.29 is 4.48 Å². The van der Waals surface area contributed by atoms with Crippen LogP contribution in [0.3, 0.4) is 0 Å². The van der Waals surface area contributed by atoms with Crippen LogP contribution in [0.4, 0.5) is 0 Å². The van der Waals surface area contributed by atoms with Crippen LogP contribution >= 0.6 is 0 Å². The molecule has 0 aliphatic carbocycles. The van der Waals surface area contributed by atoms with Gasteiger partial charge >= 0.3 is 0 Å². The number of hydrogen-bond acceptors (Lipinski definition) is 0. The first-order chi connectivity index (χ1) is 6.74. The molecule has 2 aliphatic rings. The average molecular weight is 196 g/mol. The summed E-state index contributed by atoms with van der Waals surface area (Å²) in [5, 5.41) is 0. The van der Waals surface area contributed by atoms with E-state index < -0.39 is 0 Å². The van der Waals surface area contributed by atoms with Gasteiger partial charge in [0.15, 0.2) is 0 Å². The molecule has 0 bridgehead atoms. The normalized spacial score (nSPS) is 37.3. The van der Waals surface area contributed by atoms with E-state index in [2.05, 4.69) is 13.8 Å². The predicted octanol–water partition coefficient (Wildman–Crippen LogP) is 3.05. The first-order valence-electron chi connectivity index (χ1n) is 6.59. The lowest BCUT2D eigenvalue weighted by Crippen LogP contribution is -2.58. The van der Waals surface area contributed by atoms with Gasteiger partial charge in [-0.2, -0.15) is 0 Å². The highest BCUT2D eigenvalue weighted by atomic mass is 15.4. The highest BCUT2D eigenvalue weighted by molar-refractivity contribution is 4.70. The summed E-state index contributed by atoms with van der Waals surface area (Å²) in [4.78, 5) is 0. The van der Waals surface area contributed by atoms with Crippen LogP contribution in [0.5, 0.6) is 0 Å². The van der Waals surface area contributed by atoms with E-state index in [0.717, 1.165) is 11.8 Å². The minimum Gasteiger partial charge on any atom is -0.323 e. The average Bonchev–Trinajstić information content (AvgIpc) is 2.17. The summed E-state index contributed by atoms with van der Waals surface area (Å²) in [5.74, 6) is 2.00. The van der Waals surface area contributed by atoms with Crippen LogP contribution in [0.1, 0.15) is 46.0 Å². The van der Waals surface area contributed by atoms with E-state index in [0.29, 0.717) is 0 Å². The zero-order valence-corrected chi connectivity index (χ0v) is 9.97. The summed E-state index contributed by atoms with van der Waals surface area (Å²) in [7, 11) is 0. The number of piperidine rings is 2. The Hall–Kier alpha value is -0.0400. The zero-order chi connectivity index (χ0) is 10.0. The Bertz CT molecular complexity index is 182. The van der Waals surface area contributed by atoms with Crippen molar-refractivity contribution in [2.24, 2.45) is 11.8 Å². The summed E-state index contributed by atoms with van der Waals surface area (Å²) in [6.07, 6.45) is 7.37. The van der Waals surface area contributed by atoms with E-state index in [-0.39, 0.29) is 0 Å². The lowest BCUT2D eigenvalue weighted by Gasteiger charge is -2.48. The van der Waals surface area contributed by atoms with Crippen LogP contribution in [0.25, 0.3) is 0 Å². The topological polar surface area (TPSA) is 0 Å². The molecular weight excluding hydrogens is 170 g/mol. The van der Waals surface area contributed by atoms with E-state index in [1.165, 1.54) is 62.8 Å². The van der Waals surface area contributed by atoms with Gasteiger partial charge in [0.1, 0.15) is 0 Å². The summed E-state index contributed by atoms with van der Waals surface area (Å²) in [6.45, 7) is 10.8. The SMILES string of the molecule is CCC1CC(C)C[N+]2(CCCCC2)C1. The summed E-state index contributed by atoms with van der Waals surface area (Å²) >= 11 is 0. The van der Waals surface area contributed by atoms with Crippen molar-refractivity contribution in [1.29, 1.82) is 0 Å². The minimum atomic E-state index is 0.979. The van der Waals surface area contributed by atoms with Crippen molar-refractivity contribution in [3.63, 3.8) is 0 Å². The molecule has 1 nitrogen and oxygen atoms in total. The predicted molar refractivity (Wildman–Crippen MR) is 61.1 cm³/mol. The van der Waals surface area contributed by atoms with Gasteiger partial charge in [0.2, 0.25) is 0 Å². The van der Waals surface area contributed by atoms with Crippen LogP contribution in [0.2, 0.25) is 0 Å². The Balaban J connectivity index is 2.02. The smallest absolute Gasteiger partial charge is 0.0815 e. The quantitative estimate of drug-likeness (QED) is 0.565. The van der Waals surface area contributed by atoms with Crippen molar-refractivity contribution in [2.75, 3.05) is 26.2 Å². The molecule has 0 saturated carbocycles. The molecule has 0 amide bonds. The van der Waals surface area contributed by atoms with Gasteiger partial charge in [-0.25, -0.2) is 0 Å². The maximum atomic E-state index is 2.47. The van der Waals surface area contributed by atoms with Gasteiger partial charge in [-0.05, 0) is 32.1 Å². The van der Waals surface area contributed by atoms with Crippen molar-refractivity contribution in [2.45, 2.75) is 46.0 Å². The molecule has 14 heavy (non-hydrogen) atoms. The Labute approximate surface area is 89.1 Å². The third kappa shape index (κ3) is 2.13. The molecule has 2 saturated heterocycles. The van der Waals surface area contributed by atoms with Crippen molar-refractivity contribution in [3.8, 4) is 0 Å². The van der Waals surface area contributed by atoms with Gasteiger partial charge in [-0.3, -0.25) is 0 Å². The van der Waals surface area contributed by atoms with Gasteiger partial charge in [0.05, 0.1) is 26.2 Å². The Morgan fingerprint density at radius 2 is 1.79 bits per heavy atom. The molecule has 2 aliphatic heterocycles. The van der Waals surface area contributed by atoms with Gasteiger partial charge in [-0.1, -0.05) is 13.8 Å². The first kappa shape index (κ1) is 10.5. The third-order valence-electron chi connectivity index (χ3n) is 4.42. The number of rotatable bonds is 1.